The summed E-state index contributed by atoms with van der Waals surface area (Å²) >= 11 is 0. The van der Waals surface area contributed by atoms with E-state index in [1.54, 1.807) is 6.07 Å². The maximum Gasteiger partial charge on any atom is 0.165 e. The van der Waals surface area contributed by atoms with Gasteiger partial charge in [-0.15, -0.1) is 0 Å². The van der Waals surface area contributed by atoms with Crippen LogP contribution in [0.25, 0.3) is 0 Å². The number of nitrogens with zero attached hydrogens (tertiary/aromatic N) is 1. The molecule has 5 atom stereocenters. The Bertz CT molecular complexity index is 779. The van der Waals surface area contributed by atoms with E-state index >= 15 is 0 Å². The van der Waals surface area contributed by atoms with Crippen LogP contribution in [0.1, 0.15) is 43.2 Å². The van der Waals surface area contributed by atoms with Gasteiger partial charge in [-0.1, -0.05) is 6.07 Å². The van der Waals surface area contributed by atoms with Gasteiger partial charge in [0.25, 0.3) is 0 Å². The smallest absolute Gasteiger partial charge is 0.165 e. The fourth-order valence-electron chi connectivity index (χ4n) is 6.78. The van der Waals surface area contributed by atoms with Crippen molar-refractivity contribution in [1.29, 1.82) is 0 Å². The second-order valence-corrected chi connectivity index (χ2v) is 9.22. The summed E-state index contributed by atoms with van der Waals surface area (Å²) in [5.74, 6) is 1.69. The molecule has 6 rings (SSSR count). The Morgan fingerprint density at radius 3 is 2.88 bits per heavy atom. The fraction of sp³-hybridized carbons (Fsp3) is 0.714. The average molecular weight is 356 g/mol. The minimum Gasteiger partial charge on any atom is -0.504 e. The summed E-state index contributed by atoms with van der Waals surface area (Å²) in [7, 11) is 1.99. The number of aliphatic hydroxyl groups is 1. The number of benzene rings is 1. The zero-order valence-corrected chi connectivity index (χ0v) is 15.4. The first kappa shape index (κ1) is 15.7. The van der Waals surface area contributed by atoms with E-state index in [-0.39, 0.29) is 29.4 Å². The number of nitrogens with one attached hydrogen (secondary N) is 1. The first-order valence-corrected chi connectivity index (χ1v) is 10.2. The molecule has 1 spiro atoms. The zero-order chi connectivity index (χ0) is 17.7. The van der Waals surface area contributed by atoms with E-state index in [1.165, 1.54) is 18.4 Å². The number of piperidine rings is 1. The lowest BCUT2D eigenvalue weighted by Crippen LogP contribution is -2.78. The predicted molar refractivity (Wildman–Crippen MR) is 97.6 cm³/mol. The molecule has 1 saturated heterocycles. The SMILES string of the molecule is CN[C@@H]1CC[C@]2(O)[C@@H]3Cc4ccc(O)c5c4[C@]2(CCN3CC2CC2)C1O5. The van der Waals surface area contributed by atoms with Gasteiger partial charge in [-0.25, -0.2) is 0 Å². The van der Waals surface area contributed by atoms with Gasteiger partial charge in [-0.3, -0.25) is 4.90 Å². The predicted octanol–water partition coefficient (Wildman–Crippen LogP) is 1.54. The molecule has 0 amide bonds. The van der Waals surface area contributed by atoms with E-state index in [4.69, 9.17) is 4.74 Å². The molecule has 0 radical (unpaired) electrons. The van der Waals surface area contributed by atoms with Crippen molar-refractivity contribution in [3.05, 3.63) is 23.3 Å². The minimum atomic E-state index is -0.760. The molecule has 2 aliphatic heterocycles. The number of likely N-dealkylation sites (N-methyl/N-ethyl adjacent to an activating group) is 1. The molecule has 1 aromatic carbocycles. The maximum absolute atomic E-state index is 12.2. The standard InChI is InChI=1S/C21H28N2O3/c1-22-14-6-7-21(25)16-10-13-4-5-15(24)18-17(13)20(21,19(14)26-18)8-9-23(16)11-12-2-3-12/h4-5,12,14,16,19,22,24-25H,2-3,6-11H2,1H3/t14-,16+,19?,20-,21+/m1/s1. The molecular weight excluding hydrogens is 328 g/mol. The summed E-state index contributed by atoms with van der Waals surface area (Å²) in [6, 6.07) is 4.23. The quantitative estimate of drug-likeness (QED) is 0.767. The summed E-state index contributed by atoms with van der Waals surface area (Å²) in [6.07, 6.45) is 6.09. The van der Waals surface area contributed by atoms with Gasteiger partial charge >= 0.3 is 0 Å². The van der Waals surface area contributed by atoms with Gasteiger partial charge < -0.3 is 20.3 Å². The van der Waals surface area contributed by atoms with Crippen LogP contribution in [0, 0.1) is 5.92 Å². The van der Waals surface area contributed by atoms with E-state index < -0.39 is 5.60 Å². The number of aromatic hydroxyl groups is 1. The normalized spacial score (nSPS) is 43.1. The summed E-state index contributed by atoms with van der Waals surface area (Å²) in [6.45, 7) is 2.15. The lowest BCUT2D eigenvalue weighted by atomic mass is 9.48. The molecule has 5 aliphatic rings. The number of phenols is 1. The lowest BCUT2D eigenvalue weighted by molar-refractivity contribution is -0.191. The minimum absolute atomic E-state index is 0.0980. The van der Waals surface area contributed by atoms with Crippen LogP contribution in [0.5, 0.6) is 11.5 Å². The Balaban J connectivity index is 1.55. The third-order valence-corrected chi connectivity index (χ3v) is 8.13. The van der Waals surface area contributed by atoms with Crippen LogP contribution in [0.15, 0.2) is 12.1 Å². The van der Waals surface area contributed by atoms with Gasteiger partial charge in [0.2, 0.25) is 0 Å². The first-order chi connectivity index (χ1) is 12.6. The van der Waals surface area contributed by atoms with Gasteiger partial charge in [-0.2, -0.15) is 0 Å². The third kappa shape index (κ3) is 1.68. The fourth-order valence-corrected chi connectivity index (χ4v) is 6.78. The van der Waals surface area contributed by atoms with Crippen molar-refractivity contribution < 1.29 is 14.9 Å². The zero-order valence-electron chi connectivity index (χ0n) is 15.4. The van der Waals surface area contributed by atoms with Gasteiger partial charge in [-0.05, 0) is 69.7 Å². The van der Waals surface area contributed by atoms with Crippen molar-refractivity contribution in [3.63, 3.8) is 0 Å². The molecular formula is C21H28N2O3. The molecule has 5 heteroatoms. The summed E-state index contributed by atoms with van der Waals surface area (Å²) < 4.78 is 6.42. The number of likely N-dealkylation sites (tertiary alicyclic amines) is 1. The van der Waals surface area contributed by atoms with Crippen molar-refractivity contribution in [2.45, 2.75) is 67.7 Å². The van der Waals surface area contributed by atoms with Crippen LogP contribution in [-0.4, -0.2) is 59.0 Å². The second-order valence-electron chi connectivity index (χ2n) is 9.22. The van der Waals surface area contributed by atoms with Crippen molar-refractivity contribution >= 4 is 0 Å². The molecule has 0 aromatic heterocycles. The summed E-state index contributed by atoms with van der Waals surface area (Å²) in [5, 5.41) is 26.1. The Morgan fingerprint density at radius 1 is 1.27 bits per heavy atom. The van der Waals surface area contributed by atoms with Gasteiger partial charge in [0.1, 0.15) is 6.10 Å². The number of ether oxygens (including phenoxy) is 1. The van der Waals surface area contributed by atoms with Crippen LogP contribution >= 0.6 is 0 Å². The molecule has 140 valence electrons. The van der Waals surface area contributed by atoms with Crippen LogP contribution in [-0.2, 0) is 11.8 Å². The van der Waals surface area contributed by atoms with E-state index in [0.717, 1.165) is 50.3 Å². The monoisotopic (exact) mass is 356 g/mol. The van der Waals surface area contributed by atoms with E-state index in [9.17, 15) is 10.2 Å². The lowest BCUT2D eigenvalue weighted by Gasteiger charge is -2.64. The Labute approximate surface area is 154 Å². The molecule has 1 unspecified atom stereocenters. The number of hydrogen-bond acceptors (Lipinski definition) is 5. The largest absolute Gasteiger partial charge is 0.504 e. The highest BCUT2D eigenvalue weighted by Crippen LogP contribution is 2.65. The summed E-state index contributed by atoms with van der Waals surface area (Å²) in [4.78, 5) is 2.58. The topological polar surface area (TPSA) is 65.0 Å². The molecule has 2 saturated carbocycles. The van der Waals surface area contributed by atoms with Gasteiger partial charge in [0.05, 0.1) is 11.0 Å². The maximum atomic E-state index is 12.2. The van der Waals surface area contributed by atoms with Gasteiger partial charge in [0, 0.05) is 24.2 Å². The molecule has 26 heavy (non-hydrogen) atoms. The van der Waals surface area contributed by atoms with Crippen LogP contribution in [0.3, 0.4) is 0 Å². The summed E-state index contributed by atoms with van der Waals surface area (Å²) in [5.41, 5.74) is 1.25. The van der Waals surface area contributed by atoms with E-state index in [2.05, 4.69) is 16.3 Å². The number of rotatable bonds is 3. The second kappa shape index (κ2) is 4.94. The third-order valence-electron chi connectivity index (χ3n) is 8.13. The number of hydrogen-bond donors (Lipinski definition) is 3. The van der Waals surface area contributed by atoms with Crippen molar-refractivity contribution in [2.24, 2.45) is 5.92 Å². The van der Waals surface area contributed by atoms with Crippen molar-refractivity contribution in [2.75, 3.05) is 20.1 Å². The van der Waals surface area contributed by atoms with Gasteiger partial charge in [0.15, 0.2) is 11.5 Å². The molecule has 2 heterocycles. The molecule has 1 aromatic rings. The van der Waals surface area contributed by atoms with E-state index in [1.807, 2.05) is 7.05 Å². The average Bonchev–Trinajstić information content (AvgIpc) is 3.37. The Hall–Kier alpha value is -1.30. The Kier molecular flexibility index (Phi) is 2.99. The van der Waals surface area contributed by atoms with Crippen LogP contribution in [0.2, 0.25) is 0 Å². The van der Waals surface area contributed by atoms with Crippen molar-refractivity contribution in [1.82, 2.24) is 10.2 Å². The van der Waals surface area contributed by atoms with Crippen LogP contribution in [0.4, 0.5) is 0 Å². The van der Waals surface area contributed by atoms with Crippen LogP contribution < -0.4 is 10.1 Å². The first-order valence-electron chi connectivity index (χ1n) is 10.2. The van der Waals surface area contributed by atoms with E-state index in [0.29, 0.717) is 5.75 Å². The number of phenolic OH excluding ortho intramolecular Hbond substituents is 1. The van der Waals surface area contributed by atoms with Crippen molar-refractivity contribution in [3.8, 4) is 11.5 Å². The highest BCUT2D eigenvalue weighted by atomic mass is 16.5. The molecule has 2 bridgehead atoms. The molecule has 3 fully saturated rings. The Morgan fingerprint density at radius 2 is 2.12 bits per heavy atom. The highest BCUT2D eigenvalue weighted by Gasteiger charge is 2.72. The highest BCUT2D eigenvalue weighted by molar-refractivity contribution is 5.62. The molecule has 3 N–H and O–H groups in total. The molecule has 5 nitrogen and oxygen atoms in total. The molecule has 3 aliphatic carbocycles.